The van der Waals surface area contributed by atoms with E-state index < -0.39 is 12.3 Å². The fraction of sp³-hybridized carbons (Fsp3) is 0.632. The number of ether oxygens (including phenoxy) is 2. The van der Waals surface area contributed by atoms with Crippen LogP contribution in [0.1, 0.15) is 44.8 Å². The van der Waals surface area contributed by atoms with Crippen molar-refractivity contribution in [2.75, 3.05) is 4.90 Å². The average molecular weight is 445 g/mol. The van der Waals surface area contributed by atoms with Gasteiger partial charge in [0.1, 0.15) is 11.4 Å². The summed E-state index contributed by atoms with van der Waals surface area (Å²) in [5.41, 5.74) is 1.56. The lowest BCUT2D eigenvalue weighted by Gasteiger charge is -2.21. The number of aryl methyl sites for hydroxylation is 2. The summed E-state index contributed by atoms with van der Waals surface area (Å²) in [6.07, 6.45) is 5.26. The van der Waals surface area contributed by atoms with E-state index in [1.165, 1.54) is 6.92 Å². The van der Waals surface area contributed by atoms with Crippen molar-refractivity contribution in [3.05, 3.63) is 30.0 Å². The topological polar surface area (TPSA) is 131 Å². The molecule has 4 heterocycles. The summed E-state index contributed by atoms with van der Waals surface area (Å²) in [6.45, 7) is 6.38. The van der Waals surface area contributed by atoms with Crippen LogP contribution in [-0.2, 0) is 41.5 Å². The summed E-state index contributed by atoms with van der Waals surface area (Å²) in [5.74, 6) is 0.301. The van der Waals surface area contributed by atoms with Gasteiger partial charge in [-0.05, 0) is 6.42 Å². The lowest BCUT2D eigenvalue weighted by molar-refractivity contribution is -0.154. The lowest BCUT2D eigenvalue weighted by atomic mass is 9.98. The third-order valence-electron chi connectivity index (χ3n) is 5.49. The van der Waals surface area contributed by atoms with Crippen LogP contribution in [0.25, 0.3) is 0 Å². The zero-order valence-electron chi connectivity index (χ0n) is 18.9. The molecule has 0 bridgehead atoms. The van der Waals surface area contributed by atoms with E-state index in [0.717, 1.165) is 17.8 Å². The minimum Gasteiger partial charge on any atom is -0.457 e. The molecule has 0 amide bonds. The molecule has 0 aliphatic carbocycles. The number of anilines is 1. The fourth-order valence-corrected chi connectivity index (χ4v) is 3.97. The Bertz CT molecular complexity index is 1020. The maximum absolute atomic E-state index is 11.7. The number of nitrogens with zero attached hydrogens (tertiary/aromatic N) is 10. The molecule has 32 heavy (non-hydrogen) atoms. The van der Waals surface area contributed by atoms with E-state index in [2.05, 4.69) is 30.9 Å². The summed E-state index contributed by atoms with van der Waals surface area (Å²) in [7, 11) is 3.63. The third kappa shape index (κ3) is 4.61. The van der Waals surface area contributed by atoms with Crippen LogP contribution < -0.4 is 4.90 Å². The first-order chi connectivity index (χ1) is 15.3. The van der Waals surface area contributed by atoms with Crippen molar-refractivity contribution < 1.29 is 14.3 Å². The van der Waals surface area contributed by atoms with Gasteiger partial charge in [0.25, 0.3) is 0 Å². The summed E-state index contributed by atoms with van der Waals surface area (Å²) in [4.78, 5) is 13.7. The van der Waals surface area contributed by atoms with Crippen molar-refractivity contribution in [3.8, 4) is 0 Å². The number of carbonyl (C=O) groups is 1. The summed E-state index contributed by atoms with van der Waals surface area (Å²) < 4.78 is 16.7. The van der Waals surface area contributed by atoms with E-state index in [1.54, 1.807) is 20.2 Å². The fourth-order valence-electron chi connectivity index (χ4n) is 3.97. The van der Waals surface area contributed by atoms with Crippen LogP contribution in [0.3, 0.4) is 0 Å². The van der Waals surface area contributed by atoms with Gasteiger partial charge >= 0.3 is 5.97 Å². The molecule has 0 spiro atoms. The molecule has 1 saturated heterocycles. The van der Waals surface area contributed by atoms with Gasteiger partial charge in [0.15, 0.2) is 18.1 Å². The maximum atomic E-state index is 11.7. The van der Waals surface area contributed by atoms with E-state index in [4.69, 9.17) is 9.47 Å². The Kier molecular flexibility index (Phi) is 6.17. The Balaban J connectivity index is 1.60. The van der Waals surface area contributed by atoms with Crippen LogP contribution in [0.5, 0.6) is 0 Å². The van der Waals surface area contributed by atoms with Gasteiger partial charge in [-0.1, -0.05) is 29.5 Å². The third-order valence-corrected chi connectivity index (χ3v) is 5.49. The molecule has 1 aliphatic rings. The predicted molar refractivity (Wildman–Crippen MR) is 111 cm³/mol. The minimum atomic E-state index is -0.546. The highest BCUT2D eigenvalue weighted by atomic mass is 16.6. The molecular weight excluding hydrogens is 416 g/mol. The van der Waals surface area contributed by atoms with Gasteiger partial charge in [-0.3, -0.25) is 14.2 Å². The van der Waals surface area contributed by atoms with E-state index in [1.807, 2.05) is 45.2 Å². The van der Waals surface area contributed by atoms with Gasteiger partial charge in [-0.2, -0.15) is 0 Å². The summed E-state index contributed by atoms with van der Waals surface area (Å²) in [6, 6.07) is 0. The van der Waals surface area contributed by atoms with Crippen LogP contribution >= 0.6 is 0 Å². The SMILES string of the molecule is CC[C@H]1O[C@@H](n2cc(N(Cc3cn(C)nn3)Cc3cn(C)nn3)nn2)C(OC(C)=O)[C@H]1C. The molecule has 0 N–H and O–H groups in total. The Hall–Kier alpha value is -3.35. The molecule has 1 aliphatic heterocycles. The van der Waals surface area contributed by atoms with E-state index in [0.29, 0.717) is 18.9 Å². The molecule has 0 saturated carbocycles. The van der Waals surface area contributed by atoms with Crippen LogP contribution in [-0.4, -0.2) is 63.2 Å². The maximum Gasteiger partial charge on any atom is 0.303 e. The Morgan fingerprint density at radius 1 is 1.06 bits per heavy atom. The van der Waals surface area contributed by atoms with E-state index in [9.17, 15) is 4.79 Å². The molecular formula is C19H28N10O3. The van der Waals surface area contributed by atoms with Gasteiger partial charge in [-0.15, -0.1) is 15.3 Å². The number of hydrogen-bond donors (Lipinski definition) is 0. The molecule has 4 rings (SSSR count). The smallest absolute Gasteiger partial charge is 0.303 e. The second kappa shape index (κ2) is 9.02. The first-order valence-electron chi connectivity index (χ1n) is 10.5. The zero-order valence-corrected chi connectivity index (χ0v) is 18.9. The van der Waals surface area contributed by atoms with Crippen molar-refractivity contribution in [3.63, 3.8) is 0 Å². The van der Waals surface area contributed by atoms with Crippen LogP contribution in [0.15, 0.2) is 18.6 Å². The average Bonchev–Trinajstić information content (AvgIpc) is 3.51. The first kappa shape index (κ1) is 21.9. The van der Waals surface area contributed by atoms with Crippen LogP contribution in [0.2, 0.25) is 0 Å². The lowest BCUT2D eigenvalue weighted by Crippen LogP contribution is -2.30. The van der Waals surface area contributed by atoms with Crippen molar-refractivity contribution in [2.24, 2.45) is 20.0 Å². The Morgan fingerprint density at radius 3 is 2.19 bits per heavy atom. The first-order valence-corrected chi connectivity index (χ1v) is 10.5. The largest absolute Gasteiger partial charge is 0.457 e. The molecule has 1 fully saturated rings. The normalized spacial score (nSPS) is 22.9. The monoisotopic (exact) mass is 444 g/mol. The molecule has 172 valence electrons. The standard InChI is InChI=1S/C19H28N10O3/c1-6-16-12(2)18(31-13(3)30)19(32-16)29-11-17(22-25-29)28(9-14-7-26(4)23-20-14)10-15-8-27(5)24-21-15/h7-8,11-12,16,18-19H,6,9-10H2,1-5H3/t12-,16+,18?,19+/m0/s1. The quantitative estimate of drug-likeness (QED) is 0.456. The number of esters is 1. The molecule has 13 nitrogen and oxygen atoms in total. The Labute approximate surface area is 185 Å². The number of aromatic nitrogens is 9. The van der Waals surface area contributed by atoms with Gasteiger partial charge < -0.3 is 14.4 Å². The molecule has 4 atom stereocenters. The highest BCUT2D eigenvalue weighted by Crippen LogP contribution is 2.37. The number of hydrogen-bond acceptors (Lipinski definition) is 10. The highest BCUT2D eigenvalue weighted by molar-refractivity contribution is 5.66. The molecule has 13 heteroatoms. The van der Waals surface area contributed by atoms with Crippen LogP contribution in [0, 0.1) is 5.92 Å². The molecule has 3 aromatic heterocycles. The molecule has 0 radical (unpaired) electrons. The number of carbonyl (C=O) groups excluding carboxylic acids is 1. The number of rotatable bonds is 8. The van der Waals surface area contributed by atoms with Crippen molar-refractivity contribution >= 4 is 11.8 Å². The Morgan fingerprint density at radius 2 is 1.69 bits per heavy atom. The van der Waals surface area contributed by atoms with E-state index >= 15 is 0 Å². The summed E-state index contributed by atoms with van der Waals surface area (Å²) in [5, 5.41) is 25.0. The molecule has 3 aromatic rings. The molecule has 0 aromatic carbocycles. The van der Waals surface area contributed by atoms with Gasteiger partial charge in [-0.25, -0.2) is 4.68 Å². The predicted octanol–water partition coefficient (Wildman–Crippen LogP) is 0.617. The van der Waals surface area contributed by atoms with Gasteiger partial charge in [0.05, 0.1) is 25.4 Å². The van der Waals surface area contributed by atoms with Crippen molar-refractivity contribution in [2.45, 2.75) is 58.7 Å². The minimum absolute atomic E-state index is 0.0349. The van der Waals surface area contributed by atoms with Gasteiger partial charge in [0, 0.05) is 39.3 Å². The molecule has 1 unspecified atom stereocenters. The zero-order chi connectivity index (χ0) is 22.8. The van der Waals surface area contributed by atoms with Crippen LogP contribution in [0.4, 0.5) is 5.82 Å². The second-order valence-electron chi connectivity index (χ2n) is 8.09. The summed E-state index contributed by atoms with van der Waals surface area (Å²) >= 11 is 0. The van der Waals surface area contributed by atoms with Gasteiger partial charge in [0.2, 0.25) is 0 Å². The highest BCUT2D eigenvalue weighted by Gasteiger charge is 2.45. The van der Waals surface area contributed by atoms with Crippen molar-refractivity contribution in [1.29, 1.82) is 0 Å². The second-order valence-corrected chi connectivity index (χ2v) is 8.09. The van der Waals surface area contributed by atoms with Crippen molar-refractivity contribution in [1.82, 2.24) is 45.0 Å². The van der Waals surface area contributed by atoms with E-state index in [-0.39, 0.29) is 18.0 Å².